The number of hydrogen-bond acceptors (Lipinski definition) is 5. The number of aliphatic hydroxyl groups excluding tert-OH is 1. The Kier molecular flexibility index (Phi) is 3.83. The van der Waals surface area contributed by atoms with Gasteiger partial charge in [-0.1, -0.05) is 12.8 Å². The van der Waals surface area contributed by atoms with Crippen LogP contribution in [0.5, 0.6) is 0 Å². The highest BCUT2D eigenvalue weighted by molar-refractivity contribution is 5.95. The summed E-state index contributed by atoms with van der Waals surface area (Å²) in [5.74, 6) is 0.400. The van der Waals surface area contributed by atoms with E-state index in [2.05, 4.69) is 15.1 Å². The quantitative estimate of drug-likeness (QED) is 0.884. The molecule has 2 aromatic heterocycles. The molecule has 1 aliphatic rings. The first kappa shape index (κ1) is 13.9. The molecule has 0 aromatic carbocycles. The van der Waals surface area contributed by atoms with Crippen LogP contribution in [0.1, 0.15) is 41.7 Å². The second-order valence-corrected chi connectivity index (χ2v) is 5.41. The van der Waals surface area contributed by atoms with Gasteiger partial charge in [-0.2, -0.15) is 10.1 Å². The van der Waals surface area contributed by atoms with Crippen LogP contribution in [0.3, 0.4) is 0 Å². The van der Waals surface area contributed by atoms with Gasteiger partial charge in [-0.05, 0) is 19.8 Å². The van der Waals surface area contributed by atoms with Crippen LogP contribution >= 0.6 is 0 Å². The summed E-state index contributed by atoms with van der Waals surface area (Å²) < 4.78 is 1.57. The zero-order valence-electron chi connectivity index (χ0n) is 12.1. The summed E-state index contributed by atoms with van der Waals surface area (Å²) >= 11 is 0. The highest BCUT2D eigenvalue weighted by Gasteiger charge is 2.27. The largest absolute Gasteiger partial charge is 0.394 e. The highest BCUT2D eigenvalue weighted by Crippen LogP contribution is 2.20. The number of carbonyl (C=O) groups excluding carboxylic acids is 1. The number of nitrogens with zero attached hydrogens (tertiary/aromatic N) is 5. The third-order valence-electron chi connectivity index (χ3n) is 4.13. The van der Waals surface area contributed by atoms with E-state index in [0.29, 0.717) is 17.9 Å². The minimum atomic E-state index is -0.106. The van der Waals surface area contributed by atoms with E-state index in [4.69, 9.17) is 0 Å². The highest BCUT2D eigenvalue weighted by atomic mass is 16.3. The van der Waals surface area contributed by atoms with Gasteiger partial charge in [-0.25, -0.2) is 9.50 Å². The van der Waals surface area contributed by atoms with Gasteiger partial charge in [-0.15, -0.1) is 0 Å². The van der Waals surface area contributed by atoms with Crippen molar-refractivity contribution in [1.82, 2.24) is 24.5 Å². The van der Waals surface area contributed by atoms with Gasteiger partial charge in [0, 0.05) is 12.7 Å². The molecule has 21 heavy (non-hydrogen) atoms. The lowest BCUT2D eigenvalue weighted by molar-refractivity contribution is 0.0598. The Hall–Kier alpha value is -2.02. The van der Waals surface area contributed by atoms with Gasteiger partial charge < -0.3 is 10.0 Å². The number of amides is 1. The fraction of sp³-hybridized carbons (Fsp3) is 0.571. The molecule has 3 heterocycles. The number of likely N-dealkylation sites (tertiary alicyclic amines) is 1. The zero-order chi connectivity index (χ0) is 14.8. The smallest absolute Gasteiger partial charge is 0.257 e. The first-order valence-corrected chi connectivity index (χ1v) is 7.29. The van der Waals surface area contributed by atoms with Crippen molar-refractivity contribution in [3.63, 3.8) is 0 Å². The van der Waals surface area contributed by atoms with Crippen molar-refractivity contribution in [3.8, 4) is 0 Å². The molecule has 0 spiro atoms. The molecule has 1 saturated heterocycles. The van der Waals surface area contributed by atoms with Gasteiger partial charge in [0.15, 0.2) is 0 Å². The molecule has 0 radical (unpaired) electrons. The molecule has 1 N–H and O–H groups in total. The van der Waals surface area contributed by atoms with Crippen molar-refractivity contribution in [2.45, 2.75) is 38.6 Å². The van der Waals surface area contributed by atoms with Gasteiger partial charge in [0.05, 0.1) is 23.9 Å². The van der Waals surface area contributed by atoms with Gasteiger partial charge in [0.25, 0.3) is 11.7 Å². The van der Waals surface area contributed by atoms with E-state index in [-0.39, 0.29) is 18.6 Å². The van der Waals surface area contributed by atoms with Gasteiger partial charge >= 0.3 is 0 Å². The molecule has 3 rings (SSSR count). The van der Waals surface area contributed by atoms with E-state index in [1.807, 2.05) is 6.92 Å². The van der Waals surface area contributed by atoms with Crippen LogP contribution in [-0.2, 0) is 0 Å². The number of aryl methyl sites for hydroxylation is 1. The molecule has 0 saturated carbocycles. The molecule has 112 valence electrons. The summed E-state index contributed by atoms with van der Waals surface area (Å²) in [6.07, 6.45) is 6.95. The Morgan fingerprint density at radius 1 is 1.38 bits per heavy atom. The lowest BCUT2D eigenvalue weighted by Gasteiger charge is -2.29. The molecule has 1 amide bonds. The molecular formula is C14H19N5O2. The van der Waals surface area contributed by atoms with Crippen LogP contribution in [0.25, 0.3) is 5.78 Å². The van der Waals surface area contributed by atoms with E-state index in [9.17, 15) is 9.90 Å². The number of rotatable bonds is 2. The van der Waals surface area contributed by atoms with Crippen LogP contribution in [0.4, 0.5) is 0 Å². The SMILES string of the molecule is Cc1c(C(=O)N2CCCCCC2CO)cnc2ncnn12. The predicted octanol–water partition coefficient (Wildman–Crippen LogP) is 0.810. The van der Waals surface area contributed by atoms with Crippen molar-refractivity contribution in [1.29, 1.82) is 0 Å². The minimum Gasteiger partial charge on any atom is -0.394 e. The Balaban J connectivity index is 1.96. The predicted molar refractivity (Wildman–Crippen MR) is 75.9 cm³/mol. The maximum absolute atomic E-state index is 12.8. The molecule has 1 atom stereocenters. The van der Waals surface area contributed by atoms with Crippen LogP contribution in [0.15, 0.2) is 12.5 Å². The Morgan fingerprint density at radius 2 is 2.24 bits per heavy atom. The molecule has 1 unspecified atom stereocenters. The maximum Gasteiger partial charge on any atom is 0.257 e. The second kappa shape index (κ2) is 5.77. The minimum absolute atomic E-state index is 0.00376. The Labute approximate surface area is 122 Å². The normalized spacial score (nSPS) is 19.7. The van der Waals surface area contributed by atoms with Crippen LogP contribution in [0, 0.1) is 6.92 Å². The summed E-state index contributed by atoms with van der Waals surface area (Å²) in [5.41, 5.74) is 1.25. The summed E-state index contributed by atoms with van der Waals surface area (Å²) in [4.78, 5) is 22.8. The van der Waals surface area contributed by atoms with Crippen LogP contribution in [-0.4, -0.2) is 54.7 Å². The lowest BCUT2D eigenvalue weighted by atomic mass is 10.1. The van der Waals surface area contributed by atoms with Crippen LogP contribution < -0.4 is 0 Å². The molecular weight excluding hydrogens is 270 g/mol. The molecule has 7 nitrogen and oxygen atoms in total. The first-order chi connectivity index (χ1) is 10.2. The first-order valence-electron chi connectivity index (χ1n) is 7.29. The number of carbonyl (C=O) groups is 1. The van der Waals surface area contributed by atoms with E-state index in [1.165, 1.54) is 6.33 Å². The maximum atomic E-state index is 12.8. The number of fused-ring (bicyclic) bond motifs is 1. The molecule has 7 heteroatoms. The third-order valence-corrected chi connectivity index (χ3v) is 4.13. The van der Waals surface area contributed by atoms with Crippen molar-refractivity contribution >= 4 is 11.7 Å². The van der Waals surface area contributed by atoms with Gasteiger partial charge in [0.2, 0.25) is 0 Å². The summed E-state index contributed by atoms with van der Waals surface area (Å²) in [7, 11) is 0. The van der Waals surface area contributed by atoms with E-state index < -0.39 is 0 Å². The number of aliphatic hydroxyl groups is 1. The van der Waals surface area contributed by atoms with E-state index in [0.717, 1.165) is 31.4 Å². The van der Waals surface area contributed by atoms with Crippen molar-refractivity contribution in [2.75, 3.05) is 13.2 Å². The second-order valence-electron chi connectivity index (χ2n) is 5.41. The summed E-state index contributed by atoms with van der Waals surface area (Å²) in [6.45, 7) is 2.52. The monoisotopic (exact) mass is 289 g/mol. The van der Waals surface area contributed by atoms with Gasteiger partial charge in [-0.3, -0.25) is 4.79 Å². The summed E-state index contributed by atoms with van der Waals surface area (Å²) in [5, 5.41) is 13.6. The van der Waals surface area contributed by atoms with Crippen LogP contribution in [0.2, 0.25) is 0 Å². The average molecular weight is 289 g/mol. The fourth-order valence-electron chi connectivity index (χ4n) is 2.89. The molecule has 0 bridgehead atoms. The Bertz CT molecular complexity index is 654. The van der Waals surface area contributed by atoms with Crippen molar-refractivity contribution < 1.29 is 9.90 Å². The fourth-order valence-corrected chi connectivity index (χ4v) is 2.89. The number of hydrogen-bond donors (Lipinski definition) is 1. The van der Waals surface area contributed by atoms with Gasteiger partial charge in [0.1, 0.15) is 6.33 Å². The average Bonchev–Trinajstić information content (AvgIpc) is 2.85. The van der Waals surface area contributed by atoms with E-state index in [1.54, 1.807) is 15.6 Å². The standard InChI is InChI=1S/C14H19N5O2/c1-10-12(7-15-14-16-9-17-19(10)14)13(21)18-6-4-2-3-5-11(18)8-20/h7,9,11,20H,2-6,8H2,1H3. The third kappa shape index (κ3) is 2.49. The zero-order valence-corrected chi connectivity index (χ0v) is 12.1. The van der Waals surface area contributed by atoms with Crippen molar-refractivity contribution in [3.05, 3.63) is 23.8 Å². The lowest BCUT2D eigenvalue weighted by Crippen LogP contribution is -2.42. The van der Waals surface area contributed by atoms with Crippen molar-refractivity contribution in [2.24, 2.45) is 0 Å². The molecule has 1 aliphatic heterocycles. The molecule has 1 fully saturated rings. The number of aromatic nitrogens is 4. The molecule has 0 aliphatic carbocycles. The Morgan fingerprint density at radius 3 is 3.05 bits per heavy atom. The van der Waals surface area contributed by atoms with E-state index >= 15 is 0 Å². The summed E-state index contributed by atoms with van der Waals surface area (Å²) in [6, 6.07) is -0.106. The topological polar surface area (TPSA) is 83.6 Å². The molecule has 2 aromatic rings.